The maximum Gasteiger partial charge on any atom is 0.459 e. The third-order valence-corrected chi connectivity index (χ3v) is 8.18. The van der Waals surface area contributed by atoms with Crippen LogP contribution in [0.3, 0.4) is 0 Å². The minimum absolute atomic E-state index is 0.0504. The average Bonchev–Trinajstić information content (AvgIpc) is 3.39. The molecule has 1 saturated carbocycles. The highest BCUT2D eigenvalue weighted by Crippen LogP contribution is 2.47. The number of nitrogens with two attached hydrogens (primary N) is 1. The monoisotopic (exact) mass is 541 g/mol. The summed E-state index contributed by atoms with van der Waals surface area (Å²) in [5.74, 6) is 0.511. The first-order valence-electron chi connectivity index (χ1n) is 12.5. The highest BCUT2D eigenvalue weighted by molar-refractivity contribution is 7.52. The molecule has 2 aliphatic carbocycles. The van der Waals surface area contributed by atoms with Gasteiger partial charge < -0.3 is 24.9 Å². The van der Waals surface area contributed by atoms with Crippen molar-refractivity contribution in [3.8, 4) is 5.75 Å². The van der Waals surface area contributed by atoms with Crippen LogP contribution in [0.1, 0.15) is 39.2 Å². The second-order valence-electron chi connectivity index (χ2n) is 10.0. The number of fused-ring (bicyclic) bond motifs is 1. The zero-order valence-corrected chi connectivity index (χ0v) is 22.4. The fourth-order valence-corrected chi connectivity index (χ4v) is 6.04. The molecule has 0 aliphatic heterocycles. The molecule has 2 aliphatic rings. The van der Waals surface area contributed by atoms with E-state index in [2.05, 4.69) is 25.4 Å². The number of benzene rings is 1. The number of allylic oxidation sites excluding steroid dienone is 1. The van der Waals surface area contributed by atoms with E-state index in [1.165, 1.54) is 7.11 Å². The fraction of sp³-hybridized carbons (Fsp3) is 0.440. The number of aromatic nitrogens is 4. The van der Waals surface area contributed by atoms with Gasteiger partial charge in [0.25, 0.3) is 0 Å². The molecule has 0 radical (unpaired) electrons. The first-order valence-corrected chi connectivity index (χ1v) is 14.0. The Kier molecular flexibility index (Phi) is 7.13. The fourth-order valence-electron chi connectivity index (χ4n) is 4.32. The Morgan fingerprint density at radius 2 is 1.97 bits per heavy atom. The number of carbonyl (C=O) groups is 1. The number of nitrogen functional groups attached to an aromatic ring is 1. The SMILES string of the molecule is COC(=O)C(C)(C)NP(=O)(OC[C@@H]1C=C[C@H](n2cnc3c(NC4CC4)nc(N)nc32)C1)Oc1ccccc1. The maximum atomic E-state index is 13.8. The molecule has 1 fully saturated rings. The Balaban J connectivity index is 1.29. The van der Waals surface area contributed by atoms with E-state index in [9.17, 15) is 9.36 Å². The van der Waals surface area contributed by atoms with E-state index in [-0.39, 0.29) is 24.5 Å². The zero-order chi connectivity index (χ0) is 26.9. The Labute approximate surface area is 220 Å². The number of methoxy groups -OCH3 is 1. The standard InChI is InChI=1S/C25H32N7O5P/c1-25(2,23(33)35-3)31-38(34,37-19-7-5-4-6-8-19)36-14-16-9-12-18(13-16)32-15-27-20-21(28-17-10-11-17)29-24(26)30-22(20)32/h4-9,12,15-18H,10-11,13-14H2,1-3H3,(H,31,34)(H3,26,28,29,30)/t16-,18+,38?/m1/s1. The number of hydrogen-bond acceptors (Lipinski definition) is 10. The number of nitrogens with zero attached hydrogens (tertiary/aromatic N) is 4. The lowest BCUT2D eigenvalue weighted by Gasteiger charge is -2.29. The summed E-state index contributed by atoms with van der Waals surface area (Å²) in [6.45, 7) is 3.21. The summed E-state index contributed by atoms with van der Waals surface area (Å²) in [5.41, 5.74) is 6.00. The van der Waals surface area contributed by atoms with Crippen LogP contribution in [0.25, 0.3) is 11.2 Å². The lowest BCUT2D eigenvalue weighted by atomic mass is 10.1. The van der Waals surface area contributed by atoms with Crippen LogP contribution in [0.5, 0.6) is 5.75 Å². The van der Waals surface area contributed by atoms with Gasteiger partial charge in [0, 0.05) is 12.0 Å². The topological polar surface area (TPSA) is 156 Å². The molecule has 38 heavy (non-hydrogen) atoms. The van der Waals surface area contributed by atoms with Crippen LogP contribution in [0.15, 0.2) is 48.8 Å². The molecule has 5 rings (SSSR count). The second-order valence-corrected chi connectivity index (χ2v) is 11.7. The van der Waals surface area contributed by atoms with Crippen molar-refractivity contribution in [3.63, 3.8) is 0 Å². The lowest BCUT2D eigenvalue weighted by Crippen LogP contribution is -2.46. The molecule has 2 heterocycles. The molecule has 0 saturated heterocycles. The largest absolute Gasteiger partial charge is 0.468 e. The average molecular weight is 542 g/mol. The summed E-state index contributed by atoms with van der Waals surface area (Å²) in [4.78, 5) is 25.6. The molecule has 2 aromatic heterocycles. The van der Waals surface area contributed by atoms with Gasteiger partial charge in [-0.05, 0) is 45.2 Å². The Morgan fingerprint density at radius 1 is 1.21 bits per heavy atom. The van der Waals surface area contributed by atoms with Gasteiger partial charge in [-0.3, -0.25) is 9.32 Å². The Morgan fingerprint density at radius 3 is 2.68 bits per heavy atom. The van der Waals surface area contributed by atoms with Crippen molar-refractivity contribution in [3.05, 3.63) is 48.8 Å². The summed E-state index contributed by atoms with van der Waals surface area (Å²) in [5, 5.41) is 6.12. The number of imidazole rings is 1. The number of para-hydroxylation sites is 1. The summed E-state index contributed by atoms with van der Waals surface area (Å²) >= 11 is 0. The summed E-state index contributed by atoms with van der Waals surface area (Å²) in [7, 11) is -2.71. The number of nitrogens with one attached hydrogen (secondary N) is 2. The normalized spacial score (nSPS) is 20.8. The molecule has 1 unspecified atom stereocenters. The molecule has 0 bridgehead atoms. The van der Waals surface area contributed by atoms with E-state index in [4.69, 9.17) is 19.5 Å². The summed E-state index contributed by atoms with van der Waals surface area (Å²) < 4.78 is 32.2. The first-order chi connectivity index (χ1) is 18.2. The molecular formula is C25H32N7O5P. The third-order valence-electron chi connectivity index (χ3n) is 6.40. The van der Waals surface area contributed by atoms with Crippen LogP contribution in [0.4, 0.5) is 11.8 Å². The molecule has 1 aromatic carbocycles. The van der Waals surface area contributed by atoms with Crippen molar-refractivity contribution in [2.45, 2.75) is 50.7 Å². The van der Waals surface area contributed by atoms with Crippen molar-refractivity contribution in [1.29, 1.82) is 0 Å². The van der Waals surface area contributed by atoms with Gasteiger partial charge >= 0.3 is 13.7 Å². The number of anilines is 2. The summed E-state index contributed by atoms with van der Waals surface area (Å²) in [6.07, 6.45) is 8.63. The minimum atomic E-state index is -3.97. The van der Waals surface area contributed by atoms with Gasteiger partial charge in [-0.25, -0.2) is 9.55 Å². The van der Waals surface area contributed by atoms with Crippen molar-refractivity contribution in [2.24, 2.45) is 5.92 Å². The quantitative estimate of drug-likeness (QED) is 0.184. The zero-order valence-electron chi connectivity index (χ0n) is 21.5. The van der Waals surface area contributed by atoms with Gasteiger partial charge in [0.05, 0.1) is 26.1 Å². The molecule has 4 N–H and O–H groups in total. The van der Waals surface area contributed by atoms with Crippen molar-refractivity contribution >= 4 is 36.6 Å². The number of ether oxygens (including phenoxy) is 1. The highest BCUT2D eigenvalue weighted by atomic mass is 31.2. The Bertz CT molecular complexity index is 1390. The van der Waals surface area contributed by atoms with E-state index in [1.807, 2.05) is 22.8 Å². The number of rotatable bonds is 11. The molecule has 13 heteroatoms. The van der Waals surface area contributed by atoms with Crippen LogP contribution < -0.4 is 20.7 Å². The summed E-state index contributed by atoms with van der Waals surface area (Å²) in [6, 6.07) is 9.01. The van der Waals surface area contributed by atoms with Crippen LogP contribution in [0, 0.1) is 5.92 Å². The molecule has 0 amide bonds. The van der Waals surface area contributed by atoms with E-state index < -0.39 is 19.3 Å². The van der Waals surface area contributed by atoms with Gasteiger partial charge in [-0.15, -0.1) is 0 Å². The smallest absolute Gasteiger partial charge is 0.459 e. The van der Waals surface area contributed by atoms with Crippen LogP contribution in [0.2, 0.25) is 0 Å². The number of hydrogen-bond donors (Lipinski definition) is 3. The molecule has 12 nitrogen and oxygen atoms in total. The predicted molar refractivity (Wildman–Crippen MR) is 143 cm³/mol. The molecular weight excluding hydrogens is 509 g/mol. The van der Waals surface area contributed by atoms with Crippen LogP contribution >= 0.6 is 7.75 Å². The molecule has 0 spiro atoms. The van der Waals surface area contributed by atoms with Gasteiger partial charge in [-0.1, -0.05) is 30.4 Å². The maximum absolute atomic E-state index is 13.8. The van der Waals surface area contributed by atoms with Crippen LogP contribution in [-0.4, -0.2) is 50.8 Å². The molecule has 3 aromatic rings. The van der Waals surface area contributed by atoms with Crippen molar-refractivity contribution in [2.75, 3.05) is 24.8 Å². The van der Waals surface area contributed by atoms with Crippen molar-refractivity contribution in [1.82, 2.24) is 24.6 Å². The second kappa shape index (κ2) is 10.4. The van der Waals surface area contributed by atoms with Crippen molar-refractivity contribution < 1.29 is 23.1 Å². The first kappa shape index (κ1) is 26.1. The third kappa shape index (κ3) is 5.82. The van der Waals surface area contributed by atoms with E-state index in [0.717, 1.165) is 12.8 Å². The van der Waals surface area contributed by atoms with Gasteiger partial charge in [0.2, 0.25) is 5.95 Å². The lowest BCUT2D eigenvalue weighted by molar-refractivity contribution is -0.146. The van der Waals surface area contributed by atoms with Crippen LogP contribution in [-0.2, 0) is 18.6 Å². The highest BCUT2D eigenvalue weighted by Gasteiger charge is 2.40. The van der Waals surface area contributed by atoms with Gasteiger partial charge in [-0.2, -0.15) is 15.1 Å². The molecule has 202 valence electrons. The van der Waals surface area contributed by atoms with Gasteiger partial charge in [0.15, 0.2) is 17.0 Å². The Hall–Kier alpha value is -3.47. The number of carbonyl (C=O) groups excluding carboxylic acids is 1. The minimum Gasteiger partial charge on any atom is -0.468 e. The van der Waals surface area contributed by atoms with E-state index in [0.29, 0.717) is 35.2 Å². The predicted octanol–water partition coefficient (Wildman–Crippen LogP) is 3.84. The number of esters is 1. The van der Waals surface area contributed by atoms with Gasteiger partial charge in [0.1, 0.15) is 11.3 Å². The van der Waals surface area contributed by atoms with E-state index in [1.54, 1.807) is 44.4 Å². The van der Waals surface area contributed by atoms with E-state index >= 15 is 0 Å². The molecule has 3 atom stereocenters.